The van der Waals surface area contributed by atoms with Gasteiger partial charge in [-0.15, -0.1) is 0 Å². The third kappa shape index (κ3) is 7.94. The molecule has 24 heavy (non-hydrogen) atoms. The minimum absolute atomic E-state index is 0.0315. The van der Waals surface area contributed by atoms with Crippen molar-refractivity contribution in [3.63, 3.8) is 0 Å². The number of amides is 1. The van der Waals surface area contributed by atoms with E-state index in [2.05, 4.69) is 20.9 Å². The summed E-state index contributed by atoms with van der Waals surface area (Å²) in [6, 6.07) is 7.92. The van der Waals surface area contributed by atoms with E-state index in [1.807, 2.05) is 50.2 Å². The maximum Gasteiger partial charge on any atom is 0.238 e. The summed E-state index contributed by atoms with van der Waals surface area (Å²) in [5.74, 6) is 0.678. The van der Waals surface area contributed by atoms with Gasteiger partial charge >= 0.3 is 0 Å². The second kappa shape index (κ2) is 10.6. The molecule has 7 nitrogen and oxygen atoms in total. The van der Waals surface area contributed by atoms with Gasteiger partial charge in [-0.3, -0.25) is 9.79 Å². The maximum atomic E-state index is 11.8. The summed E-state index contributed by atoms with van der Waals surface area (Å²) < 4.78 is 5.10. The number of carbonyl (C=O) groups excluding carboxylic acids is 1. The van der Waals surface area contributed by atoms with E-state index in [0.717, 1.165) is 11.3 Å². The van der Waals surface area contributed by atoms with E-state index in [4.69, 9.17) is 4.74 Å². The number of hydrogen-bond acceptors (Lipinski definition) is 4. The Hall–Kier alpha value is -2.12. The number of rotatable bonds is 8. The van der Waals surface area contributed by atoms with Crippen molar-refractivity contribution >= 4 is 17.6 Å². The molecule has 7 heteroatoms. The van der Waals surface area contributed by atoms with Gasteiger partial charge in [0, 0.05) is 32.4 Å². The van der Waals surface area contributed by atoms with Crippen molar-refractivity contribution in [3.05, 3.63) is 29.8 Å². The number of benzene rings is 1. The molecule has 0 aromatic heterocycles. The van der Waals surface area contributed by atoms with Crippen molar-refractivity contribution in [1.29, 1.82) is 0 Å². The zero-order chi connectivity index (χ0) is 17.9. The lowest BCUT2D eigenvalue weighted by molar-refractivity contribution is -0.116. The van der Waals surface area contributed by atoms with E-state index in [-0.39, 0.29) is 11.9 Å². The Morgan fingerprint density at radius 2 is 2.12 bits per heavy atom. The van der Waals surface area contributed by atoms with Crippen molar-refractivity contribution in [1.82, 2.24) is 15.5 Å². The SMILES string of the molecule is CN=C(NCc1cccc(NC(=O)CN(C)C)c1)NC(C)COC. The maximum absolute atomic E-state index is 11.8. The van der Waals surface area contributed by atoms with Crippen LogP contribution in [0.25, 0.3) is 0 Å². The third-order valence-corrected chi connectivity index (χ3v) is 3.15. The highest BCUT2D eigenvalue weighted by molar-refractivity contribution is 5.92. The van der Waals surface area contributed by atoms with Gasteiger partial charge in [0.2, 0.25) is 5.91 Å². The summed E-state index contributed by atoms with van der Waals surface area (Å²) in [7, 11) is 7.13. The first-order valence-corrected chi connectivity index (χ1v) is 7.94. The molecule has 1 rings (SSSR count). The van der Waals surface area contributed by atoms with Gasteiger partial charge in [-0.05, 0) is 38.7 Å². The number of carbonyl (C=O) groups is 1. The Labute approximate surface area is 144 Å². The molecule has 1 amide bonds. The molecule has 0 fully saturated rings. The standard InChI is InChI=1S/C17H29N5O2/c1-13(12-24-5)20-17(18-2)19-10-14-7-6-8-15(9-14)21-16(23)11-22(3)4/h6-9,13H,10-12H2,1-5H3,(H,21,23)(H2,18,19,20). The first-order chi connectivity index (χ1) is 11.4. The number of guanidine groups is 1. The number of nitrogens with one attached hydrogen (secondary N) is 3. The van der Waals surface area contributed by atoms with E-state index >= 15 is 0 Å². The fraction of sp³-hybridized carbons (Fsp3) is 0.529. The molecule has 0 aliphatic heterocycles. The van der Waals surface area contributed by atoms with Gasteiger partial charge in [-0.1, -0.05) is 12.1 Å². The lowest BCUT2D eigenvalue weighted by atomic mass is 10.2. The number of anilines is 1. The topological polar surface area (TPSA) is 78.0 Å². The predicted molar refractivity (Wildman–Crippen MR) is 98.3 cm³/mol. The highest BCUT2D eigenvalue weighted by Crippen LogP contribution is 2.10. The summed E-state index contributed by atoms with van der Waals surface area (Å²) in [6.45, 7) is 3.60. The lowest BCUT2D eigenvalue weighted by Crippen LogP contribution is -2.43. The Morgan fingerprint density at radius 3 is 2.75 bits per heavy atom. The van der Waals surface area contributed by atoms with Gasteiger partial charge in [0.1, 0.15) is 0 Å². The van der Waals surface area contributed by atoms with Gasteiger partial charge in [-0.2, -0.15) is 0 Å². The largest absolute Gasteiger partial charge is 0.383 e. The minimum atomic E-state index is -0.0315. The van der Waals surface area contributed by atoms with E-state index in [9.17, 15) is 4.79 Å². The average molecular weight is 335 g/mol. The first-order valence-electron chi connectivity index (χ1n) is 7.94. The molecule has 1 aromatic carbocycles. The molecule has 0 saturated heterocycles. The summed E-state index contributed by atoms with van der Waals surface area (Å²) in [5.41, 5.74) is 1.84. The second-order valence-electron chi connectivity index (χ2n) is 5.91. The van der Waals surface area contributed by atoms with Crippen LogP contribution in [0.5, 0.6) is 0 Å². The highest BCUT2D eigenvalue weighted by atomic mass is 16.5. The molecule has 0 spiro atoms. The van der Waals surface area contributed by atoms with Crippen LogP contribution in [0.2, 0.25) is 0 Å². The predicted octanol–water partition coefficient (Wildman–Crippen LogP) is 0.887. The fourth-order valence-corrected chi connectivity index (χ4v) is 2.15. The number of methoxy groups -OCH3 is 1. The summed E-state index contributed by atoms with van der Waals surface area (Å²) in [5, 5.41) is 9.39. The zero-order valence-electron chi connectivity index (χ0n) is 15.2. The van der Waals surface area contributed by atoms with Crippen molar-refractivity contribution in [2.24, 2.45) is 4.99 Å². The number of likely N-dealkylation sites (N-methyl/N-ethyl adjacent to an activating group) is 1. The number of hydrogen-bond donors (Lipinski definition) is 3. The molecule has 3 N–H and O–H groups in total. The van der Waals surface area contributed by atoms with E-state index in [1.165, 1.54) is 0 Å². The van der Waals surface area contributed by atoms with Crippen LogP contribution in [0.1, 0.15) is 12.5 Å². The molecule has 0 bridgehead atoms. The van der Waals surface area contributed by atoms with Crippen LogP contribution >= 0.6 is 0 Å². The third-order valence-electron chi connectivity index (χ3n) is 3.15. The van der Waals surface area contributed by atoms with Crippen LogP contribution in [0.4, 0.5) is 5.69 Å². The Bertz CT molecular complexity index is 546. The van der Waals surface area contributed by atoms with E-state index < -0.39 is 0 Å². The lowest BCUT2D eigenvalue weighted by Gasteiger charge is -2.17. The Kier molecular flexibility index (Phi) is 8.81. The molecule has 0 heterocycles. The highest BCUT2D eigenvalue weighted by Gasteiger charge is 2.06. The van der Waals surface area contributed by atoms with Crippen molar-refractivity contribution in [2.75, 3.05) is 46.7 Å². The molecular weight excluding hydrogens is 306 g/mol. The fourth-order valence-electron chi connectivity index (χ4n) is 2.15. The van der Waals surface area contributed by atoms with Crippen molar-refractivity contribution in [2.45, 2.75) is 19.5 Å². The van der Waals surface area contributed by atoms with Gasteiger partial charge in [0.15, 0.2) is 5.96 Å². The average Bonchev–Trinajstić information content (AvgIpc) is 2.51. The molecule has 134 valence electrons. The van der Waals surface area contributed by atoms with Crippen molar-refractivity contribution < 1.29 is 9.53 Å². The summed E-state index contributed by atoms with van der Waals surface area (Å²) in [4.78, 5) is 17.8. The van der Waals surface area contributed by atoms with Crippen LogP contribution in [-0.2, 0) is 16.1 Å². The van der Waals surface area contributed by atoms with Crippen LogP contribution in [0.3, 0.4) is 0 Å². The van der Waals surface area contributed by atoms with Gasteiger partial charge < -0.3 is 25.6 Å². The van der Waals surface area contributed by atoms with Gasteiger partial charge in [0.25, 0.3) is 0 Å². The second-order valence-corrected chi connectivity index (χ2v) is 5.91. The first kappa shape index (κ1) is 19.9. The van der Waals surface area contributed by atoms with Crippen LogP contribution in [0.15, 0.2) is 29.3 Å². The van der Waals surface area contributed by atoms with Crippen molar-refractivity contribution in [3.8, 4) is 0 Å². The minimum Gasteiger partial charge on any atom is -0.383 e. The number of nitrogens with zero attached hydrogens (tertiary/aromatic N) is 2. The molecule has 1 aromatic rings. The van der Waals surface area contributed by atoms with Crippen LogP contribution < -0.4 is 16.0 Å². The molecule has 1 atom stereocenters. The normalized spacial score (nSPS) is 12.8. The molecule has 1 unspecified atom stereocenters. The molecule has 0 aliphatic carbocycles. The zero-order valence-corrected chi connectivity index (χ0v) is 15.2. The van der Waals surface area contributed by atoms with E-state index in [1.54, 1.807) is 14.2 Å². The van der Waals surface area contributed by atoms with Gasteiger partial charge in [0.05, 0.1) is 13.2 Å². The van der Waals surface area contributed by atoms with Crippen LogP contribution in [0, 0.1) is 0 Å². The smallest absolute Gasteiger partial charge is 0.238 e. The monoisotopic (exact) mass is 335 g/mol. The molecule has 0 saturated carbocycles. The number of ether oxygens (including phenoxy) is 1. The van der Waals surface area contributed by atoms with E-state index in [0.29, 0.717) is 25.7 Å². The van der Waals surface area contributed by atoms with Gasteiger partial charge in [-0.25, -0.2) is 0 Å². The quantitative estimate of drug-likeness (QED) is 0.486. The Morgan fingerprint density at radius 1 is 1.38 bits per heavy atom. The Balaban J connectivity index is 2.56. The molecule has 0 radical (unpaired) electrons. The summed E-state index contributed by atoms with van der Waals surface area (Å²) >= 11 is 0. The number of aliphatic imine (C=N–C) groups is 1. The molecule has 0 aliphatic rings. The molecular formula is C17H29N5O2. The van der Waals surface area contributed by atoms with Crippen LogP contribution in [-0.4, -0.2) is 64.2 Å². The summed E-state index contributed by atoms with van der Waals surface area (Å²) in [6.07, 6.45) is 0.